The normalized spacial score (nSPS) is 18.0. The maximum Gasteiger partial charge on any atom is 0.411 e. The highest BCUT2D eigenvalue weighted by Gasteiger charge is 2.27. The van der Waals surface area contributed by atoms with Crippen molar-refractivity contribution in [2.45, 2.75) is 39.0 Å². The summed E-state index contributed by atoms with van der Waals surface area (Å²) >= 11 is 1.49. The molecule has 1 saturated heterocycles. The number of thioether (sulfide) groups is 1. The molecule has 1 atom stereocenters. The summed E-state index contributed by atoms with van der Waals surface area (Å²) < 4.78 is 22.0. The van der Waals surface area contributed by atoms with Gasteiger partial charge in [-0.05, 0) is 49.9 Å². The van der Waals surface area contributed by atoms with Crippen LogP contribution < -0.4 is 25.4 Å². The van der Waals surface area contributed by atoms with E-state index in [9.17, 15) is 14.4 Å². The van der Waals surface area contributed by atoms with Crippen LogP contribution in [-0.4, -0.2) is 103 Å². The highest BCUT2D eigenvalue weighted by molar-refractivity contribution is 8.02. The zero-order chi connectivity index (χ0) is 31.8. The minimum absolute atomic E-state index is 0.230. The second-order valence-electron chi connectivity index (χ2n) is 11.8. The first-order valence-electron chi connectivity index (χ1n) is 15.0. The van der Waals surface area contributed by atoms with Gasteiger partial charge in [0.05, 0.1) is 25.0 Å². The maximum absolute atomic E-state index is 13.5. The van der Waals surface area contributed by atoms with Crippen LogP contribution in [0.25, 0.3) is 0 Å². The van der Waals surface area contributed by atoms with E-state index in [1.54, 1.807) is 67.6 Å². The van der Waals surface area contributed by atoms with Gasteiger partial charge in [0.15, 0.2) is 11.5 Å². The van der Waals surface area contributed by atoms with Crippen LogP contribution in [0.2, 0.25) is 0 Å². The molecule has 0 radical (unpaired) electrons. The number of fused-ring (bicyclic) bond motifs is 1. The summed E-state index contributed by atoms with van der Waals surface area (Å²) in [5.74, 6) is 1.45. The van der Waals surface area contributed by atoms with Gasteiger partial charge in [-0.1, -0.05) is 6.07 Å². The Bertz CT molecular complexity index is 1390. The van der Waals surface area contributed by atoms with E-state index < -0.39 is 17.7 Å². The molecule has 4 heterocycles. The highest BCUT2D eigenvalue weighted by Crippen LogP contribution is 2.32. The van der Waals surface area contributed by atoms with E-state index >= 15 is 0 Å². The fourth-order valence-electron chi connectivity index (χ4n) is 4.83. The van der Waals surface area contributed by atoms with Crippen LogP contribution in [0.4, 0.5) is 15.3 Å². The number of aromatic nitrogens is 1. The van der Waals surface area contributed by atoms with Crippen LogP contribution in [0.3, 0.4) is 0 Å². The van der Waals surface area contributed by atoms with E-state index in [-0.39, 0.29) is 17.6 Å². The number of carbonyl (C=O) groups excluding carboxylic acids is 3. The second-order valence-corrected chi connectivity index (χ2v) is 12.7. The molecule has 0 aliphatic carbocycles. The second kappa shape index (κ2) is 14.8. The molecule has 3 aliphatic rings. The van der Waals surface area contributed by atoms with Crippen LogP contribution >= 0.6 is 11.8 Å². The Morgan fingerprint density at radius 3 is 2.56 bits per heavy atom. The molecule has 242 valence electrons. The number of rotatable bonds is 9. The number of nitrogens with zero attached hydrogens (tertiary/aromatic N) is 3. The largest absolute Gasteiger partial charge is 0.486 e. The molecule has 3 N–H and O–H groups in total. The van der Waals surface area contributed by atoms with Gasteiger partial charge in [0.25, 0.3) is 5.91 Å². The molecule has 4 amide bonds. The van der Waals surface area contributed by atoms with E-state index in [4.69, 9.17) is 18.9 Å². The van der Waals surface area contributed by atoms with Crippen molar-refractivity contribution in [2.75, 3.05) is 63.7 Å². The standard InChI is InChI=1S/C31H40N6O7S/c1-31(2,3)44-30(40)35-25-20-45-19-24(25)34-28(38)23-6-4-21(17-32-23)18-37(9-8-36-10-12-41-13-11-36)29(39)33-22-5-7-26-27(16-22)43-15-14-42-26/h4-7,16-17,20,24H,8-15,18-19H2,1-3H3,(H,33,39)(H,34,38)(H,35,40). The number of hydrogen-bond acceptors (Lipinski definition) is 10. The summed E-state index contributed by atoms with van der Waals surface area (Å²) in [6.07, 6.45) is 1.03. The number of carbonyl (C=O) groups is 3. The molecule has 5 rings (SSSR count). The number of alkyl carbamates (subject to hydrolysis) is 1. The van der Waals surface area contributed by atoms with Gasteiger partial charge in [-0.2, -0.15) is 0 Å². The molecule has 14 heteroatoms. The molecule has 0 bridgehead atoms. The first kappa shape index (κ1) is 32.4. The van der Waals surface area contributed by atoms with Gasteiger partial charge >= 0.3 is 12.1 Å². The topological polar surface area (TPSA) is 144 Å². The first-order valence-corrected chi connectivity index (χ1v) is 16.0. The summed E-state index contributed by atoms with van der Waals surface area (Å²) in [5, 5.41) is 10.4. The molecule has 0 spiro atoms. The lowest BCUT2D eigenvalue weighted by molar-refractivity contribution is 0.0349. The lowest BCUT2D eigenvalue weighted by Gasteiger charge is -2.30. The van der Waals surface area contributed by atoms with E-state index in [0.29, 0.717) is 74.7 Å². The number of nitrogens with one attached hydrogen (secondary N) is 3. The zero-order valence-corrected chi connectivity index (χ0v) is 26.6. The average Bonchev–Trinajstić information content (AvgIpc) is 3.44. The van der Waals surface area contributed by atoms with Crippen molar-refractivity contribution in [2.24, 2.45) is 0 Å². The van der Waals surface area contributed by atoms with Crippen molar-refractivity contribution in [3.63, 3.8) is 0 Å². The maximum atomic E-state index is 13.5. The van der Waals surface area contributed by atoms with E-state index in [0.717, 1.165) is 18.7 Å². The van der Waals surface area contributed by atoms with Gasteiger partial charge in [0.2, 0.25) is 0 Å². The summed E-state index contributed by atoms with van der Waals surface area (Å²) in [5.41, 5.74) is 1.54. The van der Waals surface area contributed by atoms with Crippen molar-refractivity contribution >= 4 is 35.5 Å². The van der Waals surface area contributed by atoms with Gasteiger partial charge in [-0.25, -0.2) is 9.59 Å². The van der Waals surface area contributed by atoms with Crippen molar-refractivity contribution in [1.29, 1.82) is 0 Å². The molecule has 13 nitrogen and oxygen atoms in total. The molecular weight excluding hydrogens is 600 g/mol. The van der Waals surface area contributed by atoms with E-state index in [1.165, 1.54) is 11.8 Å². The number of anilines is 1. The minimum Gasteiger partial charge on any atom is -0.486 e. The Hall–Kier alpha value is -4.01. The molecular formula is C31H40N6O7S. The number of morpholine rings is 1. The van der Waals surface area contributed by atoms with Gasteiger partial charge in [-0.15, -0.1) is 11.8 Å². The third kappa shape index (κ3) is 9.49. The Kier molecular flexibility index (Phi) is 10.7. The van der Waals surface area contributed by atoms with Crippen LogP contribution in [-0.2, 0) is 16.0 Å². The predicted octanol–water partition coefficient (Wildman–Crippen LogP) is 3.43. The summed E-state index contributed by atoms with van der Waals surface area (Å²) in [4.78, 5) is 47.1. The lowest BCUT2D eigenvalue weighted by atomic mass is 10.2. The Morgan fingerprint density at radius 1 is 1.04 bits per heavy atom. The summed E-state index contributed by atoms with van der Waals surface area (Å²) in [7, 11) is 0. The Labute approximate surface area is 267 Å². The number of benzene rings is 1. The molecule has 1 aromatic heterocycles. The van der Waals surface area contributed by atoms with Crippen LogP contribution in [0.1, 0.15) is 36.8 Å². The SMILES string of the molecule is CC(C)(C)OC(=O)NC1=CSCC1NC(=O)c1ccc(CN(CCN2CCOCC2)C(=O)Nc2ccc3c(c2)OCCO3)cn1. The van der Waals surface area contributed by atoms with Gasteiger partial charge in [0.1, 0.15) is 24.5 Å². The third-order valence-electron chi connectivity index (χ3n) is 7.10. The first-order chi connectivity index (χ1) is 21.6. The minimum atomic E-state index is -0.634. The van der Waals surface area contributed by atoms with E-state index in [1.807, 2.05) is 0 Å². The predicted molar refractivity (Wildman–Crippen MR) is 170 cm³/mol. The molecule has 3 aliphatic heterocycles. The number of ether oxygens (including phenoxy) is 4. The molecule has 45 heavy (non-hydrogen) atoms. The van der Waals surface area contributed by atoms with Crippen LogP contribution in [0, 0.1) is 0 Å². The Balaban J connectivity index is 1.20. The van der Waals surface area contributed by atoms with Gasteiger partial charge in [0, 0.05) is 56.4 Å². The van der Waals surface area contributed by atoms with Crippen molar-refractivity contribution in [3.8, 4) is 11.5 Å². The van der Waals surface area contributed by atoms with Crippen molar-refractivity contribution in [3.05, 3.63) is 58.9 Å². The summed E-state index contributed by atoms with van der Waals surface area (Å²) in [6.45, 7) is 10.7. The third-order valence-corrected chi connectivity index (χ3v) is 8.05. The molecule has 0 saturated carbocycles. The molecule has 2 aromatic rings. The fraction of sp³-hybridized carbons (Fsp3) is 0.484. The van der Waals surface area contributed by atoms with Crippen LogP contribution in [0.5, 0.6) is 11.5 Å². The highest BCUT2D eigenvalue weighted by atomic mass is 32.2. The van der Waals surface area contributed by atoms with Gasteiger partial charge in [-0.3, -0.25) is 20.0 Å². The number of hydrogen-bond donors (Lipinski definition) is 3. The smallest absolute Gasteiger partial charge is 0.411 e. The zero-order valence-electron chi connectivity index (χ0n) is 25.8. The van der Waals surface area contributed by atoms with E-state index in [2.05, 4.69) is 25.8 Å². The Morgan fingerprint density at radius 2 is 1.82 bits per heavy atom. The summed E-state index contributed by atoms with van der Waals surface area (Å²) in [6, 6.07) is 8.10. The number of pyridine rings is 1. The monoisotopic (exact) mass is 640 g/mol. The quantitative estimate of drug-likeness (QED) is 0.373. The lowest BCUT2D eigenvalue weighted by Crippen LogP contribution is -2.44. The van der Waals surface area contributed by atoms with Crippen LogP contribution in [0.15, 0.2) is 47.6 Å². The number of urea groups is 1. The van der Waals surface area contributed by atoms with Crippen molar-refractivity contribution < 1.29 is 33.3 Å². The molecule has 1 aromatic carbocycles. The molecule has 1 fully saturated rings. The molecule has 1 unspecified atom stereocenters. The van der Waals surface area contributed by atoms with Gasteiger partial charge < -0.3 is 34.5 Å². The number of amides is 4. The average molecular weight is 641 g/mol. The fourth-order valence-corrected chi connectivity index (χ4v) is 5.79. The van der Waals surface area contributed by atoms with Crippen molar-refractivity contribution in [1.82, 2.24) is 25.4 Å².